The van der Waals surface area contributed by atoms with Gasteiger partial charge in [0, 0.05) is 26.0 Å². The third kappa shape index (κ3) is 4.58. The molecule has 3 rings (SSSR count). The highest BCUT2D eigenvalue weighted by Crippen LogP contribution is 2.26. The molecule has 1 aliphatic heterocycles. The summed E-state index contributed by atoms with van der Waals surface area (Å²) in [7, 11) is 1.75. The summed E-state index contributed by atoms with van der Waals surface area (Å²) in [6.45, 7) is 5.02. The molecule has 0 unspecified atom stereocenters. The van der Waals surface area contributed by atoms with Crippen LogP contribution in [0.1, 0.15) is 41.7 Å². The Morgan fingerprint density at radius 1 is 1.19 bits per heavy atom. The molecular weight excluding hydrogens is 326 g/mol. The number of carbonyl (C=O) groups is 1. The number of hydrogen-bond acceptors (Lipinski definition) is 5. The maximum absolute atomic E-state index is 12.5. The Morgan fingerprint density at radius 3 is 2.46 bits per heavy atom. The highest BCUT2D eigenvalue weighted by atomic mass is 16.1. The van der Waals surface area contributed by atoms with Gasteiger partial charge in [0.2, 0.25) is 5.95 Å². The Kier molecular flexibility index (Phi) is 6.17. The zero-order chi connectivity index (χ0) is 18.4. The molecule has 26 heavy (non-hydrogen) atoms. The van der Waals surface area contributed by atoms with Crippen molar-refractivity contribution in [3.05, 3.63) is 53.9 Å². The summed E-state index contributed by atoms with van der Waals surface area (Å²) < 4.78 is 0. The predicted octanol–water partition coefficient (Wildman–Crippen LogP) is 2.72. The molecule has 2 N–H and O–H groups in total. The molecule has 1 aromatic heterocycles. The average molecular weight is 353 g/mol. The SMILES string of the molecule is CNc1ncc(C(=O)NC[C@H](c2ccccc2)N2CCC(C)CC2)cn1. The molecule has 0 radical (unpaired) electrons. The summed E-state index contributed by atoms with van der Waals surface area (Å²) >= 11 is 0. The lowest BCUT2D eigenvalue weighted by Gasteiger charge is -2.37. The molecule has 138 valence electrons. The Labute approximate surface area is 155 Å². The van der Waals surface area contributed by atoms with Crippen molar-refractivity contribution in [1.82, 2.24) is 20.2 Å². The van der Waals surface area contributed by atoms with Gasteiger partial charge in [-0.25, -0.2) is 9.97 Å². The van der Waals surface area contributed by atoms with Crippen LogP contribution in [0.5, 0.6) is 0 Å². The molecule has 1 atom stereocenters. The fraction of sp³-hybridized carbons (Fsp3) is 0.450. The molecule has 1 saturated heterocycles. The molecular formula is C20H27N5O. The minimum Gasteiger partial charge on any atom is -0.357 e. The van der Waals surface area contributed by atoms with E-state index in [1.165, 1.54) is 18.4 Å². The molecule has 1 amide bonds. The van der Waals surface area contributed by atoms with Crippen LogP contribution < -0.4 is 10.6 Å². The van der Waals surface area contributed by atoms with Crippen LogP contribution in [0.25, 0.3) is 0 Å². The smallest absolute Gasteiger partial charge is 0.254 e. The van der Waals surface area contributed by atoms with E-state index < -0.39 is 0 Å². The van der Waals surface area contributed by atoms with Crippen LogP contribution in [0.4, 0.5) is 5.95 Å². The number of nitrogens with one attached hydrogen (secondary N) is 2. The van der Waals surface area contributed by atoms with E-state index in [-0.39, 0.29) is 11.9 Å². The topological polar surface area (TPSA) is 70.2 Å². The minimum atomic E-state index is -0.140. The van der Waals surface area contributed by atoms with E-state index in [1.807, 2.05) is 6.07 Å². The first-order valence-electron chi connectivity index (χ1n) is 9.24. The Bertz CT molecular complexity index is 696. The van der Waals surface area contributed by atoms with Crippen LogP contribution in [-0.4, -0.2) is 47.5 Å². The van der Waals surface area contributed by atoms with E-state index in [2.05, 4.69) is 56.7 Å². The predicted molar refractivity (Wildman–Crippen MR) is 103 cm³/mol. The lowest BCUT2D eigenvalue weighted by molar-refractivity contribution is 0.0912. The number of benzene rings is 1. The van der Waals surface area contributed by atoms with Gasteiger partial charge in [-0.3, -0.25) is 9.69 Å². The summed E-state index contributed by atoms with van der Waals surface area (Å²) in [5, 5.41) is 5.91. The van der Waals surface area contributed by atoms with Gasteiger partial charge >= 0.3 is 0 Å². The summed E-state index contributed by atoms with van der Waals surface area (Å²) in [4.78, 5) is 23.2. The fourth-order valence-electron chi connectivity index (χ4n) is 3.34. The van der Waals surface area contributed by atoms with Crippen LogP contribution in [0.3, 0.4) is 0 Å². The number of piperidine rings is 1. The zero-order valence-corrected chi connectivity index (χ0v) is 15.5. The van der Waals surface area contributed by atoms with Crippen LogP contribution in [0.15, 0.2) is 42.7 Å². The largest absolute Gasteiger partial charge is 0.357 e. The Morgan fingerprint density at radius 2 is 1.85 bits per heavy atom. The lowest BCUT2D eigenvalue weighted by Crippen LogP contribution is -2.42. The molecule has 0 saturated carbocycles. The highest BCUT2D eigenvalue weighted by Gasteiger charge is 2.25. The van der Waals surface area contributed by atoms with Crippen LogP contribution in [0, 0.1) is 5.92 Å². The fourth-order valence-corrected chi connectivity index (χ4v) is 3.34. The molecule has 1 aromatic carbocycles. The van der Waals surface area contributed by atoms with Gasteiger partial charge in [0.1, 0.15) is 0 Å². The highest BCUT2D eigenvalue weighted by molar-refractivity contribution is 5.93. The number of anilines is 1. The number of aromatic nitrogens is 2. The van der Waals surface area contributed by atoms with E-state index in [0.29, 0.717) is 18.1 Å². The number of amides is 1. The first-order valence-corrected chi connectivity index (χ1v) is 9.24. The number of carbonyl (C=O) groups excluding carboxylic acids is 1. The Hall–Kier alpha value is -2.47. The van der Waals surface area contributed by atoms with Crippen molar-refractivity contribution >= 4 is 11.9 Å². The molecule has 2 heterocycles. The third-order valence-electron chi connectivity index (χ3n) is 5.04. The zero-order valence-electron chi connectivity index (χ0n) is 15.5. The molecule has 6 heteroatoms. The van der Waals surface area contributed by atoms with Crippen molar-refractivity contribution in [3.63, 3.8) is 0 Å². The lowest BCUT2D eigenvalue weighted by atomic mass is 9.95. The van der Waals surface area contributed by atoms with E-state index >= 15 is 0 Å². The number of rotatable bonds is 6. The first-order chi connectivity index (χ1) is 12.7. The van der Waals surface area contributed by atoms with Gasteiger partial charge in [-0.2, -0.15) is 0 Å². The van der Waals surface area contributed by atoms with Gasteiger partial charge in [-0.15, -0.1) is 0 Å². The summed E-state index contributed by atoms with van der Waals surface area (Å²) in [5.41, 5.74) is 1.72. The molecule has 1 fully saturated rings. The molecule has 2 aromatic rings. The van der Waals surface area contributed by atoms with Crippen molar-refractivity contribution in [1.29, 1.82) is 0 Å². The summed E-state index contributed by atoms with van der Waals surface area (Å²) in [6.07, 6.45) is 5.51. The second kappa shape index (κ2) is 8.76. The van der Waals surface area contributed by atoms with Gasteiger partial charge in [0.05, 0.1) is 11.6 Å². The standard InChI is InChI=1S/C20H27N5O/c1-15-8-10-25(11-9-15)18(16-6-4-3-5-7-16)14-22-19(26)17-12-23-20(21-2)24-13-17/h3-7,12-13,15,18H,8-11,14H2,1-2H3,(H,22,26)(H,21,23,24)/t18-/m1/s1. The molecule has 1 aliphatic rings. The van der Waals surface area contributed by atoms with Crippen molar-refractivity contribution in [2.24, 2.45) is 5.92 Å². The van der Waals surface area contributed by atoms with E-state index in [4.69, 9.17) is 0 Å². The van der Waals surface area contributed by atoms with Crippen molar-refractivity contribution in [2.45, 2.75) is 25.8 Å². The second-order valence-corrected chi connectivity index (χ2v) is 6.90. The summed E-state index contributed by atoms with van der Waals surface area (Å²) in [5.74, 6) is 1.14. The normalized spacial score (nSPS) is 16.8. The van der Waals surface area contributed by atoms with E-state index in [1.54, 1.807) is 19.4 Å². The first kappa shape index (κ1) is 18.3. The molecule has 0 bridgehead atoms. The maximum atomic E-state index is 12.5. The minimum absolute atomic E-state index is 0.140. The molecule has 6 nitrogen and oxygen atoms in total. The van der Waals surface area contributed by atoms with E-state index in [0.717, 1.165) is 19.0 Å². The van der Waals surface area contributed by atoms with Gasteiger partial charge in [0.25, 0.3) is 5.91 Å². The quantitative estimate of drug-likeness (QED) is 0.836. The van der Waals surface area contributed by atoms with Crippen molar-refractivity contribution < 1.29 is 4.79 Å². The van der Waals surface area contributed by atoms with Gasteiger partial charge in [0.15, 0.2) is 0 Å². The number of nitrogens with zero attached hydrogens (tertiary/aromatic N) is 3. The van der Waals surface area contributed by atoms with Gasteiger partial charge in [-0.05, 0) is 37.4 Å². The number of likely N-dealkylation sites (tertiary alicyclic amines) is 1. The third-order valence-corrected chi connectivity index (χ3v) is 5.04. The van der Waals surface area contributed by atoms with Gasteiger partial charge < -0.3 is 10.6 Å². The van der Waals surface area contributed by atoms with Crippen molar-refractivity contribution in [2.75, 3.05) is 32.0 Å². The second-order valence-electron chi connectivity index (χ2n) is 6.90. The Balaban J connectivity index is 1.68. The maximum Gasteiger partial charge on any atom is 0.254 e. The monoisotopic (exact) mass is 353 g/mol. The molecule has 0 spiro atoms. The summed E-state index contributed by atoms with van der Waals surface area (Å²) in [6, 6.07) is 10.6. The number of hydrogen-bond donors (Lipinski definition) is 2. The van der Waals surface area contributed by atoms with Crippen LogP contribution in [0.2, 0.25) is 0 Å². The van der Waals surface area contributed by atoms with Gasteiger partial charge in [-0.1, -0.05) is 37.3 Å². The van der Waals surface area contributed by atoms with Crippen LogP contribution in [-0.2, 0) is 0 Å². The average Bonchev–Trinajstić information content (AvgIpc) is 2.70. The van der Waals surface area contributed by atoms with E-state index in [9.17, 15) is 4.79 Å². The molecule has 0 aliphatic carbocycles. The van der Waals surface area contributed by atoms with Crippen molar-refractivity contribution in [3.8, 4) is 0 Å². The van der Waals surface area contributed by atoms with Crippen LogP contribution >= 0.6 is 0 Å².